The van der Waals surface area contributed by atoms with Gasteiger partial charge in [0.2, 0.25) is 16.4 Å². The lowest BCUT2D eigenvalue weighted by Gasteiger charge is -2.07. The Morgan fingerprint density at radius 3 is 2.57 bits per heavy atom. The Morgan fingerprint density at radius 1 is 1.43 bits per heavy atom. The van der Waals surface area contributed by atoms with Crippen molar-refractivity contribution in [3.05, 3.63) is 23.8 Å². The summed E-state index contributed by atoms with van der Waals surface area (Å²) in [6.07, 6.45) is 0.481. The van der Waals surface area contributed by atoms with Gasteiger partial charge in [-0.2, -0.15) is 0 Å². The Hall–Kier alpha value is -1.40. The summed E-state index contributed by atoms with van der Waals surface area (Å²) in [6.45, 7) is 1.57. The van der Waals surface area contributed by atoms with Crippen LogP contribution in [-0.2, 0) is 14.8 Å². The molecule has 0 unspecified atom stereocenters. The van der Waals surface area contributed by atoms with Gasteiger partial charge in [-0.05, 0) is 24.6 Å². The first-order chi connectivity index (χ1) is 6.46. The third kappa shape index (κ3) is 2.09. The molecule has 1 aromatic rings. The summed E-state index contributed by atoms with van der Waals surface area (Å²) < 4.78 is 22.1. The van der Waals surface area contributed by atoms with Crippen molar-refractivity contribution in [3.8, 4) is 0 Å². The fraction of sp³-hybridized carbons (Fsp3) is 0.125. The number of nitrogens with one attached hydrogen (secondary N) is 1. The zero-order valence-corrected chi connectivity index (χ0v) is 8.34. The van der Waals surface area contributed by atoms with Gasteiger partial charge >= 0.3 is 0 Å². The van der Waals surface area contributed by atoms with E-state index in [2.05, 4.69) is 5.32 Å². The third-order valence-corrected chi connectivity index (χ3v) is 2.86. The molecule has 0 aliphatic rings. The van der Waals surface area contributed by atoms with Gasteiger partial charge in [0.15, 0.2) is 0 Å². The minimum absolute atomic E-state index is 0.0179. The molecular formula is C8H10N2O3S. The largest absolute Gasteiger partial charge is 0.328 e. The van der Waals surface area contributed by atoms with Crippen molar-refractivity contribution in [1.82, 2.24) is 0 Å². The first kappa shape index (κ1) is 10.7. The number of anilines is 1. The summed E-state index contributed by atoms with van der Waals surface area (Å²) in [4.78, 5) is 10.2. The maximum Gasteiger partial charge on any atom is 0.238 e. The van der Waals surface area contributed by atoms with Crippen LogP contribution in [0.3, 0.4) is 0 Å². The van der Waals surface area contributed by atoms with Gasteiger partial charge < -0.3 is 5.32 Å². The van der Waals surface area contributed by atoms with E-state index in [1.54, 1.807) is 13.0 Å². The van der Waals surface area contributed by atoms with E-state index in [9.17, 15) is 13.2 Å². The van der Waals surface area contributed by atoms with Crippen LogP contribution >= 0.6 is 0 Å². The summed E-state index contributed by atoms with van der Waals surface area (Å²) in [5.74, 6) is 0. The number of amides is 1. The standard InChI is InChI=1S/C8H10N2O3S/c1-6-7(10-5-11)3-2-4-8(6)14(9,12)13/h2-5H,1H3,(H,10,11)(H2,9,12,13). The average molecular weight is 214 g/mol. The molecule has 0 aromatic heterocycles. The molecule has 1 rings (SSSR count). The van der Waals surface area contributed by atoms with E-state index in [0.717, 1.165) is 0 Å². The second kappa shape index (κ2) is 3.77. The van der Waals surface area contributed by atoms with E-state index in [1.165, 1.54) is 12.1 Å². The highest BCUT2D eigenvalue weighted by atomic mass is 32.2. The number of benzene rings is 1. The van der Waals surface area contributed by atoms with Crippen LogP contribution < -0.4 is 10.5 Å². The average Bonchev–Trinajstić information content (AvgIpc) is 2.07. The molecule has 6 heteroatoms. The lowest BCUT2D eigenvalue weighted by Crippen LogP contribution is -2.14. The molecule has 0 saturated heterocycles. The Labute approximate surface area is 82.0 Å². The second-order valence-electron chi connectivity index (χ2n) is 2.74. The molecule has 0 bridgehead atoms. The monoisotopic (exact) mass is 214 g/mol. The Morgan fingerprint density at radius 2 is 2.07 bits per heavy atom. The zero-order chi connectivity index (χ0) is 10.8. The molecule has 0 spiro atoms. The molecule has 3 N–H and O–H groups in total. The van der Waals surface area contributed by atoms with Crippen LogP contribution in [0, 0.1) is 6.92 Å². The molecule has 0 atom stereocenters. The molecule has 0 radical (unpaired) electrons. The summed E-state index contributed by atoms with van der Waals surface area (Å²) >= 11 is 0. The fourth-order valence-corrected chi connectivity index (χ4v) is 1.95. The lowest BCUT2D eigenvalue weighted by atomic mass is 10.2. The van der Waals surface area contributed by atoms with Gasteiger partial charge in [-0.1, -0.05) is 6.07 Å². The van der Waals surface area contributed by atoms with E-state index in [4.69, 9.17) is 5.14 Å². The highest BCUT2D eigenvalue weighted by molar-refractivity contribution is 7.89. The number of nitrogens with two attached hydrogens (primary N) is 1. The van der Waals surface area contributed by atoms with Crippen LogP contribution in [0.1, 0.15) is 5.56 Å². The van der Waals surface area contributed by atoms with Crippen LogP contribution in [0.2, 0.25) is 0 Å². The smallest absolute Gasteiger partial charge is 0.238 e. The molecule has 0 aliphatic heterocycles. The van der Waals surface area contributed by atoms with Gasteiger partial charge in [0.1, 0.15) is 0 Å². The Kier molecular flexibility index (Phi) is 2.87. The molecule has 0 heterocycles. The predicted octanol–water partition coefficient (Wildman–Crippen LogP) is 0.211. The van der Waals surface area contributed by atoms with Crippen LogP contribution in [0.5, 0.6) is 0 Å². The molecule has 5 nitrogen and oxygen atoms in total. The van der Waals surface area contributed by atoms with Crippen molar-refractivity contribution in [2.75, 3.05) is 5.32 Å². The molecule has 1 aromatic carbocycles. The van der Waals surface area contributed by atoms with Gasteiger partial charge in [-0.3, -0.25) is 4.79 Å². The van der Waals surface area contributed by atoms with Gasteiger partial charge in [-0.25, -0.2) is 13.6 Å². The lowest BCUT2D eigenvalue weighted by molar-refractivity contribution is -0.105. The van der Waals surface area contributed by atoms with E-state index >= 15 is 0 Å². The summed E-state index contributed by atoms with van der Waals surface area (Å²) in [6, 6.07) is 4.50. The first-order valence-electron chi connectivity index (χ1n) is 3.79. The number of carbonyl (C=O) groups is 1. The number of primary sulfonamides is 1. The van der Waals surface area contributed by atoms with Crippen molar-refractivity contribution >= 4 is 22.1 Å². The number of sulfonamides is 1. The molecular weight excluding hydrogens is 204 g/mol. The predicted molar refractivity (Wildman–Crippen MR) is 52.2 cm³/mol. The second-order valence-corrected chi connectivity index (χ2v) is 4.27. The first-order valence-corrected chi connectivity index (χ1v) is 5.34. The molecule has 0 fully saturated rings. The normalized spacial score (nSPS) is 11.0. The van der Waals surface area contributed by atoms with Crippen molar-refractivity contribution < 1.29 is 13.2 Å². The number of rotatable bonds is 3. The highest BCUT2D eigenvalue weighted by Gasteiger charge is 2.12. The summed E-state index contributed by atoms with van der Waals surface area (Å²) in [7, 11) is -3.73. The van der Waals surface area contributed by atoms with E-state index in [-0.39, 0.29) is 4.90 Å². The maximum absolute atomic E-state index is 11.1. The van der Waals surface area contributed by atoms with Gasteiger partial charge in [0.25, 0.3) is 0 Å². The Bertz CT molecular complexity index is 454. The van der Waals surface area contributed by atoms with Crippen LogP contribution in [-0.4, -0.2) is 14.8 Å². The van der Waals surface area contributed by atoms with Crippen LogP contribution in [0.4, 0.5) is 5.69 Å². The van der Waals surface area contributed by atoms with Gasteiger partial charge in [0, 0.05) is 5.69 Å². The van der Waals surface area contributed by atoms with Crippen LogP contribution in [0.25, 0.3) is 0 Å². The number of hydrogen-bond donors (Lipinski definition) is 2. The van der Waals surface area contributed by atoms with E-state index in [0.29, 0.717) is 17.7 Å². The van der Waals surface area contributed by atoms with Crippen molar-refractivity contribution in [2.24, 2.45) is 5.14 Å². The van der Waals surface area contributed by atoms with Crippen molar-refractivity contribution in [2.45, 2.75) is 11.8 Å². The van der Waals surface area contributed by atoms with E-state index < -0.39 is 10.0 Å². The van der Waals surface area contributed by atoms with E-state index in [1.807, 2.05) is 0 Å². The fourth-order valence-electron chi connectivity index (χ4n) is 1.14. The summed E-state index contributed by atoms with van der Waals surface area (Å²) in [5.41, 5.74) is 0.869. The quantitative estimate of drug-likeness (QED) is 0.705. The number of carbonyl (C=O) groups excluding carboxylic acids is 1. The van der Waals surface area contributed by atoms with Gasteiger partial charge in [0.05, 0.1) is 4.90 Å². The molecule has 0 aliphatic carbocycles. The molecule has 1 amide bonds. The molecule has 0 saturated carbocycles. The minimum atomic E-state index is -3.73. The van der Waals surface area contributed by atoms with Crippen molar-refractivity contribution in [3.63, 3.8) is 0 Å². The van der Waals surface area contributed by atoms with Crippen molar-refractivity contribution in [1.29, 1.82) is 0 Å². The molecule has 76 valence electrons. The summed E-state index contributed by atoms with van der Waals surface area (Å²) in [5, 5.41) is 7.37. The number of hydrogen-bond acceptors (Lipinski definition) is 3. The van der Waals surface area contributed by atoms with Gasteiger partial charge in [-0.15, -0.1) is 0 Å². The zero-order valence-electron chi connectivity index (χ0n) is 7.52. The SMILES string of the molecule is Cc1c(NC=O)cccc1S(N)(=O)=O. The maximum atomic E-state index is 11.1. The Balaban J connectivity index is 3.35. The van der Waals surface area contributed by atoms with Crippen LogP contribution in [0.15, 0.2) is 23.1 Å². The topological polar surface area (TPSA) is 89.3 Å². The highest BCUT2D eigenvalue weighted by Crippen LogP contribution is 2.21. The minimum Gasteiger partial charge on any atom is -0.328 e. The molecule has 14 heavy (non-hydrogen) atoms. The third-order valence-electron chi connectivity index (χ3n) is 1.81.